The maximum absolute atomic E-state index is 14.0. The van der Waals surface area contributed by atoms with Crippen LogP contribution in [0.15, 0.2) is 6.07 Å². The summed E-state index contributed by atoms with van der Waals surface area (Å²) in [5, 5.41) is 2.88. The number of nitrogens with one attached hydrogen (secondary N) is 1. The zero-order chi connectivity index (χ0) is 14.8. The smallest absolute Gasteiger partial charge is 0.168 e. The van der Waals surface area contributed by atoms with E-state index in [0.29, 0.717) is 26.2 Å². The predicted octanol–water partition coefficient (Wildman–Crippen LogP) is 2.80. The topological polar surface area (TPSA) is 37.4 Å². The van der Waals surface area contributed by atoms with Crippen LogP contribution in [0, 0.1) is 11.6 Å². The fourth-order valence-electron chi connectivity index (χ4n) is 2.24. The Morgan fingerprint density at radius 2 is 2.15 bits per heavy atom. The van der Waals surface area contributed by atoms with Crippen LogP contribution < -0.4 is 10.2 Å². The fraction of sp³-hybridized carbons (Fsp3) is 0.643. The molecular weight excluding hydrogens is 264 g/mol. The molecule has 0 amide bonds. The number of hydrogen-bond donors (Lipinski definition) is 1. The number of ether oxygens (including phenoxy) is 1. The largest absolute Gasteiger partial charge is 0.372 e. The van der Waals surface area contributed by atoms with E-state index in [2.05, 4.69) is 10.3 Å². The van der Waals surface area contributed by atoms with E-state index in [1.807, 2.05) is 20.8 Å². The van der Waals surface area contributed by atoms with Gasteiger partial charge in [0, 0.05) is 25.7 Å². The van der Waals surface area contributed by atoms with Gasteiger partial charge in [0.2, 0.25) is 0 Å². The highest BCUT2D eigenvalue weighted by Gasteiger charge is 2.30. The van der Waals surface area contributed by atoms with E-state index in [4.69, 9.17) is 4.74 Å². The monoisotopic (exact) mass is 285 g/mol. The number of halogens is 2. The Bertz CT molecular complexity index is 480. The number of rotatable bonds is 4. The normalized spacial score (nSPS) is 18.1. The van der Waals surface area contributed by atoms with Gasteiger partial charge in [0.1, 0.15) is 0 Å². The lowest BCUT2D eigenvalue weighted by molar-refractivity contribution is -0.0280. The van der Waals surface area contributed by atoms with E-state index in [1.54, 1.807) is 4.90 Å². The lowest BCUT2D eigenvalue weighted by atomic mass is 10.1. The molecule has 0 atom stereocenters. The summed E-state index contributed by atoms with van der Waals surface area (Å²) in [4.78, 5) is 5.91. The summed E-state index contributed by atoms with van der Waals surface area (Å²) in [5.41, 5.74) is -0.363. The molecule has 1 aromatic heterocycles. The standard InChI is InChI=1S/C14H21F2N3O/c1-4-5-17-12-10(15)8-11(16)13(18-12)19-6-7-20-14(2,3)9-19/h8H,4-7,9H2,1-3H3,(H,17,18). The van der Waals surface area contributed by atoms with E-state index in [1.165, 1.54) is 0 Å². The lowest BCUT2D eigenvalue weighted by Crippen LogP contribution is -2.49. The number of nitrogens with zero attached hydrogens (tertiary/aromatic N) is 2. The maximum atomic E-state index is 14.0. The molecule has 2 rings (SSSR count). The Hall–Kier alpha value is -1.43. The third kappa shape index (κ3) is 3.36. The first-order valence-corrected chi connectivity index (χ1v) is 6.92. The second-order valence-corrected chi connectivity index (χ2v) is 5.58. The van der Waals surface area contributed by atoms with Crippen LogP contribution in [0.4, 0.5) is 20.4 Å². The third-order valence-corrected chi connectivity index (χ3v) is 3.18. The van der Waals surface area contributed by atoms with Crippen LogP contribution in [0.5, 0.6) is 0 Å². The van der Waals surface area contributed by atoms with Crippen LogP contribution in [-0.2, 0) is 4.74 Å². The van der Waals surface area contributed by atoms with Crippen LogP contribution in [0.3, 0.4) is 0 Å². The molecule has 6 heteroatoms. The minimum atomic E-state index is -0.660. The SMILES string of the molecule is CCCNc1nc(N2CCOC(C)(C)C2)c(F)cc1F. The molecule has 0 spiro atoms. The molecule has 20 heavy (non-hydrogen) atoms. The zero-order valence-corrected chi connectivity index (χ0v) is 12.2. The van der Waals surface area contributed by atoms with Gasteiger partial charge in [-0.05, 0) is 20.3 Å². The van der Waals surface area contributed by atoms with Crippen molar-refractivity contribution in [3.8, 4) is 0 Å². The van der Waals surface area contributed by atoms with Crippen molar-refractivity contribution in [2.24, 2.45) is 0 Å². The van der Waals surface area contributed by atoms with Gasteiger partial charge in [-0.2, -0.15) is 0 Å². The molecule has 1 aromatic rings. The van der Waals surface area contributed by atoms with Crippen molar-refractivity contribution >= 4 is 11.6 Å². The van der Waals surface area contributed by atoms with E-state index < -0.39 is 11.6 Å². The highest BCUT2D eigenvalue weighted by molar-refractivity contribution is 5.49. The Morgan fingerprint density at radius 3 is 2.80 bits per heavy atom. The van der Waals surface area contributed by atoms with Gasteiger partial charge < -0.3 is 15.0 Å². The number of morpholine rings is 1. The highest BCUT2D eigenvalue weighted by atomic mass is 19.1. The van der Waals surface area contributed by atoms with Crippen molar-refractivity contribution in [2.75, 3.05) is 36.5 Å². The first kappa shape index (κ1) is 15.0. The van der Waals surface area contributed by atoms with Gasteiger partial charge in [-0.25, -0.2) is 13.8 Å². The Kier molecular flexibility index (Phi) is 4.42. The summed E-state index contributed by atoms with van der Waals surface area (Å²) in [6, 6.07) is 0.892. The molecule has 2 heterocycles. The second-order valence-electron chi connectivity index (χ2n) is 5.58. The molecule has 0 aliphatic carbocycles. The van der Waals surface area contributed by atoms with E-state index in [-0.39, 0.29) is 17.2 Å². The molecule has 1 aliphatic rings. The van der Waals surface area contributed by atoms with Gasteiger partial charge in [-0.1, -0.05) is 6.92 Å². The first-order valence-electron chi connectivity index (χ1n) is 6.92. The highest BCUT2D eigenvalue weighted by Crippen LogP contribution is 2.26. The molecule has 1 saturated heterocycles. The molecule has 0 saturated carbocycles. The van der Waals surface area contributed by atoms with E-state index in [0.717, 1.165) is 12.5 Å². The van der Waals surface area contributed by atoms with E-state index in [9.17, 15) is 8.78 Å². The summed E-state index contributed by atoms with van der Waals surface area (Å²) < 4.78 is 33.2. The third-order valence-electron chi connectivity index (χ3n) is 3.18. The van der Waals surface area contributed by atoms with Crippen LogP contribution in [0.25, 0.3) is 0 Å². The summed E-state index contributed by atoms with van der Waals surface area (Å²) in [5.74, 6) is -1.01. The van der Waals surface area contributed by atoms with Gasteiger partial charge in [-0.15, -0.1) is 0 Å². The molecule has 0 unspecified atom stereocenters. The number of pyridine rings is 1. The van der Waals surface area contributed by atoms with Crippen LogP contribution >= 0.6 is 0 Å². The van der Waals surface area contributed by atoms with Gasteiger partial charge in [0.15, 0.2) is 23.3 Å². The quantitative estimate of drug-likeness (QED) is 0.923. The van der Waals surface area contributed by atoms with Crippen molar-refractivity contribution in [1.29, 1.82) is 0 Å². The number of hydrogen-bond acceptors (Lipinski definition) is 4. The first-order chi connectivity index (χ1) is 9.43. The van der Waals surface area contributed by atoms with Crippen molar-refractivity contribution < 1.29 is 13.5 Å². The molecular formula is C14H21F2N3O. The van der Waals surface area contributed by atoms with Gasteiger partial charge in [0.05, 0.1) is 12.2 Å². The summed E-state index contributed by atoms with van der Waals surface area (Å²) in [6.45, 7) is 8.03. The van der Waals surface area contributed by atoms with Gasteiger partial charge in [-0.3, -0.25) is 0 Å². The van der Waals surface area contributed by atoms with Crippen molar-refractivity contribution in [2.45, 2.75) is 32.8 Å². The van der Waals surface area contributed by atoms with Crippen molar-refractivity contribution in [3.63, 3.8) is 0 Å². The maximum Gasteiger partial charge on any atom is 0.168 e. The zero-order valence-electron chi connectivity index (χ0n) is 12.2. The molecule has 0 aromatic carbocycles. The number of anilines is 2. The van der Waals surface area contributed by atoms with Crippen molar-refractivity contribution in [1.82, 2.24) is 4.98 Å². The molecule has 4 nitrogen and oxygen atoms in total. The summed E-state index contributed by atoms with van der Waals surface area (Å²) >= 11 is 0. The molecule has 1 N–H and O–H groups in total. The second kappa shape index (κ2) is 5.91. The minimum absolute atomic E-state index is 0.104. The van der Waals surface area contributed by atoms with Gasteiger partial charge in [0.25, 0.3) is 0 Å². The minimum Gasteiger partial charge on any atom is -0.372 e. The molecule has 0 bridgehead atoms. The lowest BCUT2D eigenvalue weighted by Gasteiger charge is -2.38. The number of aromatic nitrogens is 1. The average Bonchev–Trinajstić information content (AvgIpc) is 2.36. The van der Waals surface area contributed by atoms with E-state index >= 15 is 0 Å². The van der Waals surface area contributed by atoms with Crippen molar-refractivity contribution in [3.05, 3.63) is 17.7 Å². The molecule has 112 valence electrons. The molecule has 1 fully saturated rings. The summed E-state index contributed by atoms with van der Waals surface area (Å²) in [6.07, 6.45) is 0.846. The molecule has 1 aliphatic heterocycles. The Balaban J connectivity index is 2.26. The predicted molar refractivity (Wildman–Crippen MR) is 75.2 cm³/mol. The Labute approximate surface area is 118 Å². The van der Waals surface area contributed by atoms with Crippen LogP contribution in [-0.4, -0.2) is 36.8 Å². The fourth-order valence-corrected chi connectivity index (χ4v) is 2.24. The van der Waals surface area contributed by atoms with Crippen LogP contribution in [0.2, 0.25) is 0 Å². The van der Waals surface area contributed by atoms with Crippen LogP contribution in [0.1, 0.15) is 27.2 Å². The van der Waals surface area contributed by atoms with Gasteiger partial charge >= 0.3 is 0 Å². The summed E-state index contributed by atoms with van der Waals surface area (Å²) in [7, 11) is 0. The molecule has 0 radical (unpaired) electrons. The average molecular weight is 285 g/mol. The Morgan fingerprint density at radius 1 is 1.40 bits per heavy atom.